The van der Waals surface area contributed by atoms with Crippen LogP contribution in [0.3, 0.4) is 0 Å². The fourth-order valence-corrected chi connectivity index (χ4v) is 4.41. The van der Waals surface area contributed by atoms with Gasteiger partial charge in [0.25, 0.3) is 0 Å². The van der Waals surface area contributed by atoms with Gasteiger partial charge in [0.1, 0.15) is 5.75 Å². The highest BCUT2D eigenvalue weighted by Crippen LogP contribution is 2.21. The molecule has 1 aromatic carbocycles. The van der Waals surface area contributed by atoms with E-state index in [0.29, 0.717) is 5.75 Å². The first-order chi connectivity index (χ1) is 10.3. The second-order valence-corrected chi connectivity index (χ2v) is 9.50. The summed E-state index contributed by atoms with van der Waals surface area (Å²) in [6.45, 7) is 9.83. The van der Waals surface area contributed by atoms with Gasteiger partial charge >= 0.3 is 12.2 Å². The molecule has 120 valence electrons. The Morgan fingerprint density at radius 3 is 2.09 bits per heavy atom. The summed E-state index contributed by atoms with van der Waals surface area (Å²) in [6.07, 6.45) is -1.78. The minimum atomic E-state index is -1.73. The van der Waals surface area contributed by atoms with Gasteiger partial charge in [-0.15, -0.1) is 0 Å². The number of hydrogen-bond donors (Lipinski definition) is 0. The van der Waals surface area contributed by atoms with E-state index in [1.807, 2.05) is 33.8 Å². The van der Waals surface area contributed by atoms with E-state index in [1.54, 1.807) is 25.1 Å². The fourth-order valence-electron chi connectivity index (χ4n) is 2.05. The third kappa shape index (κ3) is 5.77. The number of amides is 2. The van der Waals surface area contributed by atoms with E-state index in [9.17, 15) is 9.59 Å². The molecule has 6 nitrogen and oxygen atoms in total. The molecule has 0 aliphatic carbocycles. The minimum Gasteiger partial charge on any atom is -0.503 e. The Morgan fingerprint density at radius 1 is 1.00 bits per heavy atom. The van der Waals surface area contributed by atoms with Crippen LogP contribution in [0.25, 0.3) is 0 Å². The summed E-state index contributed by atoms with van der Waals surface area (Å²) < 4.78 is 10.3. The highest BCUT2D eigenvalue weighted by molar-refractivity contribution is 6.56. The maximum Gasteiger partial charge on any atom is 0.458 e. The van der Waals surface area contributed by atoms with E-state index in [2.05, 4.69) is 10.2 Å². The molecule has 0 atom stereocenters. The molecule has 0 N–H and O–H groups in total. The molecule has 22 heavy (non-hydrogen) atoms. The van der Waals surface area contributed by atoms with E-state index in [0.717, 1.165) is 5.56 Å². The van der Waals surface area contributed by atoms with Gasteiger partial charge in [0.2, 0.25) is 9.04 Å². The van der Waals surface area contributed by atoms with Gasteiger partial charge in [-0.1, -0.05) is 56.1 Å². The summed E-state index contributed by atoms with van der Waals surface area (Å²) in [5.74, 6) is 0.386. The van der Waals surface area contributed by atoms with Crippen LogP contribution in [0.2, 0.25) is 11.1 Å². The summed E-state index contributed by atoms with van der Waals surface area (Å²) in [5, 5.41) is 6.52. The van der Waals surface area contributed by atoms with Crippen LogP contribution in [-0.4, -0.2) is 21.2 Å². The lowest BCUT2D eigenvalue weighted by Gasteiger charge is -2.21. The first kappa shape index (κ1) is 18.0. The fraction of sp³-hybridized carbons (Fsp3) is 0.467. The van der Waals surface area contributed by atoms with Crippen LogP contribution in [0.4, 0.5) is 9.59 Å². The van der Waals surface area contributed by atoms with Gasteiger partial charge in [0.15, 0.2) is 0 Å². The number of carbonyl (C=O) groups excluding carboxylic acids is 2. The molecule has 1 rings (SSSR count). The smallest absolute Gasteiger partial charge is 0.458 e. The maximum absolute atomic E-state index is 11.6. The van der Waals surface area contributed by atoms with E-state index < -0.39 is 21.2 Å². The number of rotatable bonds is 4. The highest BCUT2D eigenvalue weighted by Gasteiger charge is 2.25. The lowest BCUT2D eigenvalue weighted by Crippen LogP contribution is -2.27. The van der Waals surface area contributed by atoms with Gasteiger partial charge in [-0.25, -0.2) is 9.59 Å². The number of ether oxygens (including phenoxy) is 1. The third-order valence-corrected chi connectivity index (χ3v) is 6.16. The summed E-state index contributed by atoms with van der Waals surface area (Å²) in [6, 6.07) is 7.01. The highest BCUT2D eigenvalue weighted by atomic mass is 28.3. The summed E-state index contributed by atoms with van der Waals surface area (Å²) in [7, 11) is -1.73. The van der Waals surface area contributed by atoms with Crippen LogP contribution < -0.4 is 4.74 Å². The Balaban J connectivity index is 2.58. The SMILES string of the molecule is Cc1ccccc1OC(=O)N=NC(=O)O[SiH](C(C)C)C(C)C. The number of aryl methyl sites for hydroxylation is 1. The average Bonchev–Trinajstić information content (AvgIpc) is 2.44. The predicted molar refractivity (Wildman–Crippen MR) is 85.9 cm³/mol. The molecule has 0 saturated heterocycles. The molecular weight excluding hydrogens is 300 g/mol. The number of para-hydroxylation sites is 1. The van der Waals surface area contributed by atoms with Crippen molar-refractivity contribution in [3.63, 3.8) is 0 Å². The molecule has 0 fully saturated rings. The van der Waals surface area contributed by atoms with Gasteiger partial charge in [0.05, 0.1) is 0 Å². The molecule has 0 bridgehead atoms. The number of nitrogens with zero attached hydrogens (tertiary/aromatic N) is 2. The molecule has 0 aliphatic rings. The summed E-state index contributed by atoms with van der Waals surface area (Å²) in [5.41, 5.74) is 1.37. The second kappa shape index (κ2) is 8.43. The molecule has 0 radical (unpaired) electrons. The van der Waals surface area contributed by atoms with Crippen LogP contribution in [0.5, 0.6) is 5.75 Å². The van der Waals surface area contributed by atoms with E-state index in [4.69, 9.17) is 9.16 Å². The zero-order valence-corrected chi connectivity index (χ0v) is 14.7. The topological polar surface area (TPSA) is 77.3 Å². The molecule has 0 aromatic heterocycles. The largest absolute Gasteiger partial charge is 0.503 e. The Hall–Kier alpha value is -2.02. The molecule has 2 amide bonds. The van der Waals surface area contributed by atoms with Crippen LogP contribution in [0.15, 0.2) is 34.5 Å². The van der Waals surface area contributed by atoms with Crippen molar-refractivity contribution in [2.45, 2.75) is 45.7 Å². The zero-order valence-electron chi connectivity index (χ0n) is 13.6. The summed E-state index contributed by atoms with van der Waals surface area (Å²) in [4.78, 5) is 23.2. The standard InChI is InChI=1S/C15H22N2O4Si/c1-10(2)22(11(3)4)21-15(19)17-16-14(18)20-13-9-7-6-8-12(13)5/h6-11,22H,1-5H3. The lowest BCUT2D eigenvalue weighted by atomic mass is 10.2. The van der Waals surface area contributed by atoms with Crippen molar-refractivity contribution in [1.29, 1.82) is 0 Å². The molecular formula is C15H22N2O4Si. The van der Waals surface area contributed by atoms with Gasteiger partial charge in [-0.2, -0.15) is 0 Å². The first-order valence-corrected chi connectivity index (χ1v) is 9.01. The van der Waals surface area contributed by atoms with E-state index in [1.165, 1.54) is 0 Å². The van der Waals surface area contributed by atoms with Crippen molar-refractivity contribution in [3.05, 3.63) is 29.8 Å². The average molecular weight is 322 g/mol. The molecule has 7 heteroatoms. The normalized spacial score (nSPS) is 11.5. The van der Waals surface area contributed by atoms with Crippen molar-refractivity contribution >= 4 is 21.2 Å². The summed E-state index contributed by atoms with van der Waals surface area (Å²) >= 11 is 0. The molecule has 0 aliphatic heterocycles. The van der Waals surface area contributed by atoms with Crippen molar-refractivity contribution in [1.82, 2.24) is 0 Å². The van der Waals surface area contributed by atoms with Gasteiger partial charge < -0.3 is 9.16 Å². The lowest BCUT2D eigenvalue weighted by molar-refractivity contribution is 0.199. The van der Waals surface area contributed by atoms with Crippen molar-refractivity contribution in [2.24, 2.45) is 10.2 Å². The van der Waals surface area contributed by atoms with E-state index >= 15 is 0 Å². The monoisotopic (exact) mass is 322 g/mol. The first-order valence-electron chi connectivity index (χ1n) is 7.21. The van der Waals surface area contributed by atoms with Crippen molar-refractivity contribution in [3.8, 4) is 5.75 Å². The van der Waals surface area contributed by atoms with Crippen LogP contribution in [0.1, 0.15) is 33.3 Å². The quantitative estimate of drug-likeness (QED) is 0.598. The molecule has 0 unspecified atom stereocenters. The molecule has 0 spiro atoms. The molecule has 1 aromatic rings. The van der Waals surface area contributed by atoms with Crippen molar-refractivity contribution < 1.29 is 18.8 Å². The zero-order chi connectivity index (χ0) is 16.7. The Labute approximate surface area is 132 Å². The van der Waals surface area contributed by atoms with Crippen LogP contribution in [-0.2, 0) is 4.43 Å². The van der Waals surface area contributed by atoms with E-state index in [-0.39, 0.29) is 11.1 Å². The number of hydrogen-bond acceptors (Lipinski definition) is 4. The predicted octanol–water partition coefficient (Wildman–Crippen LogP) is 4.63. The van der Waals surface area contributed by atoms with Crippen LogP contribution >= 0.6 is 0 Å². The second-order valence-electron chi connectivity index (χ2n) is 5.67. The maximum atomic E-state index is 11.6. The number of benzene rings is 1. The van der Waals surface area contributed by atoms with Gasteiger partial charge in [-0.05, 0) is 29.6 Å². The Kier molecular flexibility index (Phi) is 6.91. The van der Waals surface area contributed by atoms with Gasteiger partial charge in [-0.3, -0.25) is 0 Å². The van der Waals surface area contributed by atoms with Crippen molar-refractivity contribution in [2.75, 3.05) is 0 Å². The Bertz CT molecular complexity index is 550. The molecule has 0 saturated carbocycles. The minimum absolute atomic E-state index is 0.290. The number of azo groups is 1. The Morgan fingerprint density at radius 2 is 1.55 bits per heavy atom. The number of carbonyl (C=O) groups is 2. The van der Waals surface area contributed by atoms with Gasteiger partial charge in [0, 0.05) is 0 Å². The molecule has 0 heterocycles. The third-order valence-electron chi connectivity index (χ3n) is 3.06. The van der Waals surface area contributed by atoms with Crippen LogP contribution in [0, 0.1) is 6.92 Å².